The number of unbranched alkanes of at least 4 members (excludes halogenated alkanes) is 6. The molecule has 11 heteroatoms. The molecule has 0 spiro atoms. The van der Waals surface area contributed by atoms with Gasteiger partial charge in [-0.3, -0.25) is 0 Å². The minimum absolute atomic E-state index is 0.0375. The van der Waals surface area contributed by atoms with Crippen LogP contribution in [0.3, 0.4) is 0 Å². The van der Waals surface area contributed by atoms with E-state index in [0.29, 0.717) is 60.2 Å². The highest BCUT2D eigenvalue weighted by molar-refractivity contribution is 6.34. The smallest absolute Gasteiger partial charge is 0.336 e. The number of rotatable bonds is 22. The summed E-state index contributed by atoms with van der Waals surface area (Å²) in [6, 6.07) is 14.4. The highest BCUT2D eigenvalue weighted by Crippen LogP contribution is 2.37. The van der Waals surface area contributed by atoms with E-state index in [1.54, 1.807) is 42.5 Å². The summed E-state index contributed by atoms with van der Waals surface area (Å²) in [6.07, 6.45) is 8.69. The van der Waals surface area contributed by atoms with Crippen molar-refractivity contribution in [3.8, 4) is 33.8 Å². The molecule has 2 N–H and O–H groups in total. The standard InChI is InChI=1S/C38H41ClO10/c1-3-35(40)48-21-11-7-5-9-19-46-27-14-17-30(37(42)43)32(24-27)26-13-16-29(34(39)23-26)33-25-28(15-18-31(33)38(44)45)47-20-10-6-8-12-22-49-36(41)4-2/h3-4,13-18,23-25H,1-2,5-12,19-22H2,(H,42,43)(H,44,45). The highest BCUT2D eigenvalue weighted by Gasteiger charge is 2.19. The number of carbonyl (C=O) groups is 4. The van der Waals surface area contributed by atoms with Crippen LogP contribution in [-0.4, -0.2) is 60.5 Å². The van der Waals surface area contributed by atoms with Crippen LogP contribution in [0.25, 0.3) is 22.3 Å². The SMILES string of the molecule is C=CC(=O)OCCCCCCOc1ccc(C(=O)O)c(-c2ccc(-c3cc(OCCCCCCOC(=O)C=C)ccc3C(=O)O)c(Cl)c2)c1. The van der Waals surface area contributed by atoms with Gasteiger partial charge in [0, 0.05) is 28.3 Å². The van der Waals surface area contributed by atoms with Crippen molar-refractivity contribution in [3.63, 3.8) is 0 Å². The van der Waals surface area contributed by atoms with Crippen molar-refractivity contribution in [2.45, 2.75) is 51.4 Å². The molecule has 0 aliphatic rings. The topological polar surface area (TPSA) is 146 Å². The number of hydrogen-bond donors (Lipinski definition) is 2. The summed E-state index contributed by atoms with van der Waals surface area (Å²) in [6.45, 7) is 8.22. The van der Waals surface area contributed by atoms with E-state index in [2.05, 4.69) is 13.2 Å². The molecule has 0 atom stereocenters. The molecule has 0 saturated heterocycles. The van der Waals surface area contributed by atoms with Gasteiger partial charge < -0.3 is 29.2 Å². The first-order valence-corrected chi connectivity index (χ1v) is 16.4. The molecule has 0 saturated carbocycles. The van der Waals surface area contributed by atoms with E-state index < -0.39 is 23.9 Å². The summed E-state index contributed by atoms with van der Waals surface area (Å²) in [4.78, 5) is 46.4. The van der Waals surface area contributed by atoms with Crippen molar-refractivity contribution in [2.75, 3.05) is 26.4 Å². The normalized spacial score (nSPS) is 10.6. The molecule has 260 valence electrons. The molecule has 0 amide bonds. The Balaban J connectivity index is 1.67. The third-order valence-electron chi connectivity index (χ3n) is 7.45. The fourth-order valence-corrected chi connectivity index (χ4v) is 5.20. The second-order valence-corrected chi connectivity index (χ2v) is 11.4. The molecule has 0 aromatic heterocycles. The fourth-order valence-electron chi connectivity index (χ4n) is 4.92. The monoisotopic (exact) mass is 692 g/mol. The molecule has 3 rings (SSSR count). The minimum Gasteiger partial charge on any atom is -0.494 e. The van der Waals surface area contributed by atoms with Crippen molar-refractivity contribution in [1.82, 2.24) is 0 Å². The number of aromatic carboxylic acids is 2. The summed E-state index contributed by atoms with van der Waals surface area (Å²) >= 11 is 6.73. The van der Waals surface area contributed by atoms with E-state index in [1.807, 2.05) is 0 Å². The van der Waals surface area contributed by atoms with Crippen LogP contribution in [0.5, 0.6) is 11.5 Å². The molecule has 0 bridgehead atoms. The van der Waals surface area contributed by atoms with Gasteiger partial charge in [-0.2, -0.15) is 0 Å². The first-order chi connectivity index (χ1) is 23.6. The maximum Gasteiger partial charge on any atom is 0.336 e. The molecule has 49 heavy (non-hydrogen) atoms. The van der Waals surface area contributed by atoms with Crippen LogP contribution in [-0.2, 0) is 19.1 Å². The Bertz CT molecular complexity index is 1630. The van der Waals surface area contributed by atoms with Crippen molar-refractivity contribution < 1.29 is 48.3 Å². The lowest BCUT2D eigenvalue weighted by Crippen LogP contribution is -2.04. The van der Waals surface area contributed by atoms with Gasteiger partial charge in [0.05, 0.1) is 37.6 Å². The van der Waals surface area contributed by atoms with Gasteiger partial charge in [-0.25, -0.2) is 19.2 Å². The largest absolute Gasteiger partial charge is 0.494 e. The number of halogens is 1. The Hall–Kier alpha value is -5.09. The van der Waals surface area contributed by atoms with Gasteiger partial charge in [-0.15, -0.1) is 0 Å². The molecule has 0 fully saturated rings. The van der Waals surface area contributed by atoms with Gasteiger partial charge in [0.2, 0.25) is 0 Å². The van der Waals surface area contributed by atoms with Crippen LogP contribution in [0.1, 0.15) is 72.1 Å². The van der Waals surface area contributed by atoms with E-state index in [-0.39, 0.29) is 16.1 Å². The average Bonchev–Trinajstić information content (AvgIpc) is 3.09. The van der Waals surface area contributed by atoms with Gasteiger partial charge in [0.25, 0.3) is 0 Å². The lowest BCUT2D eigenvalue weighted by Gasteiger charge is -2.15. The maximum atomic E-state index is 12.1. The first-order valence-electron chi connectivity index (χ1n) is 16.0. The summed E-state index contributed by atoms with van der Waals surface area (Å²) in [5.41, 5.74) is 1.83. The van der Waals surface area contributed by atoms with E-state index in [9.17, 15) is 29.4 Å². The van der Waals surface area contributed by atoms with Crippen LogP contribution in [0.4, 0.5) is 0 Å². The van der Waals surface area contributed by atoms with Crippen LogP contribution in [0.2, 0.25) is 5.02 Å². The zero-order valence-electron chi connectivity index (χ0n) is 27.3. The number of ether oxygens (including phenoxy) is 4. The Labute approximate surface area is 290 Å². The quantitative estimate of drug-likeness (QED) is 0.0598. The van der Waals surface area contributed by atoms with Crippen LogP contribution in [0.15, 0.2) is 79.9 Å². The van der Waals surface area contributed by atoms with Gasteiger partial charge >= 0.3 is 23.9 Å². The molecule has 3 aromatic carbocycles. The highest BCUT2D eigenvalue weighted by atomic mass is 35.5. The molecule has 0 aliphatic heterocycles. The Kier molecular flexibility index (Phi) is 15.9. The first kappa shape index (κ1) is 38.4. The molecule has 0 aliphatic carbocycles. The minimum atomic E-state index is -1.13. The van der Waals surface area contributed by atoms with E-state index in [1.165, 1.54) is 12.1 Å². The Morgan fingerprint density at radius 2 is 1.02 bits per heavy atom. The molecular formula is C38H41ClO10. The molecular weight excluding hydrogens is 652 g/mol. The Morgan fingerprint density at radius 3 is 1.47 bits per heavy atom. The molecule has 0 heterocycles. The predicted molar refractivity (Wildman–Crippen MR) is 186 cm³/mol. The van der Waals surface area contributed by atoms with Crippen molar-refractivity contribution in [1.29, 1.82) is 0 Å². The van der Waals surface area contributed by atoms with Gasteiger partial charge in [-0.05, 0) is 105 Å². The summed E-state index contributed by atoms with van der Waals surface area (Å²) in [5.74, 6) is -2.15. The maximum absolute atomic E-state index is 12.1. The second kappa shape index (κ2) is 20.3. The third kappa shape index (κ3) is 12.5. The zero-order valence-corrected chi connectivity index (χ0v) is 28.0. The summed E-state index contributed by atoms with van der Waals surface area (Å²) in [5, 5.41) is 20.0. The van der Waals surface area contributed by atoms with Crippen LogP contribution in [0, 0.1) is 0 Å². The van der Waals surface area contributed by atoms with Gasteiger partial charge in [0.15, 0.2) is 0 Å². The molecule has 0 radical (unpaired) electrons. The fraction of sp³-hybridized carbons (Fsp3) is 0.316. The van der Waals surface area contributed by atoms with Crippen molar-refractivity contribution >= 4 is 35.5 Å². The number of carboxylic acid groups (broad SMARTS) is 2. The number of hydrogen-bond acceptors (Lipinski definition) is 8. The summed E-state index contributed by atoms with van der Waals surface area (Å²) < 4.78 is 21.7. The van der Waals surface area contributed by atoms with Crippen molar-refractivity contribution in [2.24, 2.45) is 0 Å². The number of benzene rings is 3. The lowest BCUT2D eigenvalue weighted by molar-refractivity contribution is -0.138. The van der Waals surface area contributed by atoms with E-state index >= 15 is 0 Å². The number of carboxylic acids is 2. The Morgan fingerprint density at radius 1 is 0.571 bits per heavy atom. The third-order valence-corrected chi connectivity index (χ3v) is 7.76. The number of esters is 2. The van der Waals surface area contributed by atoms with Crippen LogP contribution < -0.4 is 9.47 Å². The molecule has 3 aromatic rings. The second-order valence-electron chi connectivity index (χ2n) is 11.0. The molecule has 10 nitrogen and oxygen atoms in total. The molecule has 0 unspecified atom stereocenters. The lowest BCUT2D eigenvalue weighted by atomic mass is 9.94. The van der Waals surface area contributed by atoms with Crippen molar-refractivity contribution in [3.05, 3.63) is 96.1 Å². The zero-order chi connectivity index (χ0) is 35.6. The predicted octanol–water partition coefficient (Wildman–Crippen LogP) is 8.41. The van der Waals surface area contributed by atoms with Gasteiger partial charge in [0.1, 0.15) is 11.5 Å². The average molecular weight is 693 g/mol. The summed E-state index contributed by atoms with van der Waals surface area (Å²) in [7, 11) is 0. The van der Waals surface area contributed by atoms with Crippen LogP contribution >= 0.6 is 11.6 Å². The number of carbonyl (C=O) groups excluding carboxylic acids is 2. The van der Waals surface area contributed by atoms with Gasteiger partial charge in [-0.1, -0.05) is 36.9 Å². The van der Waals surface area contributed by atoms with E-state index in [4.69, 9.17) is 30.5 Å². The van der Waals surface area contributed by atoms with E-state index in [0.717, 1.165) is 63.5 Å².